The molecule has 110 valence electrons. The molecule has 0 aromatic carbocycles. The number of likely N-dealkylation sites (tertiary alicyclic amines) is 1. The minimum absolute atomic E-state index is 0.0296. The molecule has 1 saturated heterocycles. The predicted octanol–water partition coefficient (Wildman–Crippen LogP) is 1.81. The Morgan fingerprint density at radius 3 is 2.80 bits per heavy atom. The van der Waals surface area contributed by atoms with E-state index >= 15 is 0 Å². The maximum atomic E-state index is 12.5. The second-order valence-corrected chi connectivity index (χ2v) is 5.33. The van der Waals surface area contributed by atoms with Crippen molar-refractivity contribution < 1.29 is 9.90 Å². The number of aryl methyl sites for hydroxylation is 1. The smallest absolute Gasteiger partial charge is 0.254 e. The SMILES string of the molecule is CCCNc1cc(C(=O)N2CCC(O)CC2)cc(C)n1. The van der Waals surface area contributed by atoms with Gasteiger partial charge in [-0.15, -0.1) is 0 Å². The maximum absolute atomic E-state index is 12.5. The Morgan fingerprint density at radius 2 is 2.15 bits per heavy atom. The molecule has 0 spiro atoms. The third kappa shape index (κ3) is 3.70. The number of aliphatic hydroxyl groups is 1. The van der Waals surface area contributed by atoms with Gasteiger partial charge in [0, 0.05) is 30.9 Å². The quantitative estimate of drug-likeness (QED) is 0.881. The highest BCUT2D eigenvalue weighted by Crippen LogP contribution is 2.16. The number of nitrogens with zero attached hydrogens (tertiary/aromatic N) is 2. The number of anilines is 1. The van der Waals surface area contributed by atoms with Gasteiger partial charge in [0.25, 0.3) is 5.91 Å². The van der Waals surface area contributed by atoms with E-state index in [1.165, 1.54) is 0 Å². The summed E-state index contributed by atoms with van der Waals surface area (Å²) in [5, 5.41) is 12.7. The van der Waals surface area contributed by atoms with Crippen LogP contribution in [-0.2, 0) is 0 Å². The number of amides is 1. The predicted molar refractivity (Wildman–Crippen MR) is 78.9 cm³/mol. The van der Waals surface area contributed by atoms with Gasteiger partial charge in [0.2, 0.25) is 0 Å². The average Bonchev–Trinajstić information content (AvgIpc) is 2.44. The van der Waals surface area contributed by atoms with Crippen molar-refractivity contribution in [2.45, 2.75) is 39.2 Å². The van der Waals surface area contributed by atoms with Crippen LogP contribution < -0.4 is 5.32 Å². The summed E-state index contributed by atoms with van der Waals surface area (Å²) in [5.74, 6) is 0.786. The Labute approximate surface area is 120 Å². The van der Waals surface area contributed by atoms with Gasteiger partial charge in [-0.2, -0.15) is 0 Å². The first-order valence-electron chi connectivity index (χ1n) is 7.30. The van der Waals surface area contributed by atoms with Gasteiger partial charge >= 0.3 is 0 Å². The third-order valence-corrected chi connectivity index (χ3v) is 3.51. The van der Waals surface area contributed by atoms with Crippen LogP contribution in [0.25, 0.3) is 0 Å². The molecule has 0 unspecified atom stereocenters. The number of piperidine rings is 1. The molecule has 1 aromatic rings. The fourth-order valence-electron chi connectivity index (χ4n) is 2.39. The van der Waals surface area contributed by atoms with Crippen LogP contribution in [-0.4, -0.2) is 46.6 Å². The zero-order valence-electron chi connectivity index (χ0n) is 12.2. The van der Waals surface area contributed by atoms with E-state index in [-0.39, 0.29) is 12.0 Å². The van der Waals surface area contributed by atoms with Gasteiger partial charge in [-0.05, 0) is 38.3 Å². The monoisotopic (exact) mass is 277 g/mol. The Kier molecular flexibility index (Phi) is 4.95. The number of pyridine rings is 1. The van der Waals surface area contributed by atoms with Crippen molar-refractivity contribution in [3.05, 3.63) is 23.4 Å². The number of aromatic nitrogens is 1. The second kappa shape index (κ2) is 6.70. The standard InChI is InChI=1S/C15H23N3O2/c1-3-6-16-14-10-12(9-11(2)17-14)15(20)18-7-4-13(19)5-8-18/h9-10,13,19H,3-8H2,1-2H3,(H,16,17). The van der Waals surface area contributed by atoms with Crippen molar-refractivity contribution in [1.82, 2.24) is 9.88 Å². The van der Waals surface area contributed by atoms with E-state index in [2.05, 4.69) is 17.2 Å². The van der Waals surface area contributed by atoms with E-state index < -0.39 is 0 Å². The number of aliphatic hydroxyl groups excluding tert-OH is 1. The van der Waals surface area contributed by atoms with Crippen molar-refractivity contribution in [3.8, 4) is 0 Å². The molecule has 5 heteroatoms. The van der Waals surface area contributed by atoms with Crippen LogP contribution in [0.3, 0.4) is 0 Å². The van der Waals surface area contributed by atoms with Crippen LogP contribution in [0, 0.1) is 6.92 Å². The largest absolute Gasteiger partial charge is 0.393 e. The highest BCUT2D eigenvalue weighted by Gasteiger charge is 2.22. The van der Waals surface area contributed by atoms with Crippen LogP contribution in [0.4, 0.5) is 5.82 Å². The van der Waals surface area contributed by atoms with Gasteiger partial charge in [0.15, 0.2) is 0 Å². The highest BCUT2D eigenvalue weighted by molar-refractivity contribution is 5.95. The van der Waals surface area contributed by atoms with Gasteiger partial charge in [-0.3, -0.25) is 4.79 Å². The number of nitrogens with one attached hydrogen (secondary N) is 1. The van der Waals surface area contributed by atoms with Crippen molar-refractivity contribution in [3.63, 3.8) is 0 Å². The molecule has 2 rings (SSSR count). The Morgan fingerprint density at radius 1 is 1.45 bits per heavy atom. The highest BCUT2D eigenvalue weighted by atomic mass is 16.3. The lowest BCUT2D eigenvalue weighted by atomic mass is 10.1. The zero-order chi connectivity index (χ0) is 14.5. The maximum Gasteiger partial charge on any atom is 0.254 e. The summed E-state index contributed by atoms with van der Waals surface area (Å²) in [7, 11) is 0. The fraction of sp³-hybridized carbons (Fsp3) is 0.600. The number of carbonyl (C=O) groups is 1. The first-order valence-corrected chi connectivity index (χ1v) is 7.30. The fourth-order valence-corrected chi connectivity index (χ4v) is 2.39. The van der Waals surface area contributed by atoms with Crippen LogP contribution in [0.5, 0.6) is 0 Å². The molecule has 0 radical (unpaired) electrons. The minimum atomic E-state index is -0.264. The Balaban J connectivity index is 2.10. The molecule has 0 bridgehead atoms. The first-order chi connectivity index (χ1) is 9.60. The van der Waals surface area contributed by atoms with Crippen LogP contribution >= 0.6 is 0 Å². The summed E-state index contributed by atoms with van der Waals surface area (Å²) in [6, 6.07) is 3.64. The molecule has 2 N–H and O–H groups in total. The van der Waals surface area contributed by atoms with Gasteiger partial charge in [0.05, 0.1) is 6.10 Å². The van der Waals surface area contributed by atoms with E-state index in [0.717, 1.165) is 24.5 Å². The van der Waals surface area contributed by atoms with Gasteiger partial charge in [-0.25, -0.2) is 4.98 Å². The van der Waals surface area contributed by atoms with E-state index in [1.54, 1.807) is 0 Å². The normalized spacial score (nSPS) is 16.2. The minimum Gasteiger partial charge on any atom is -0.393 e. The van der Waals surface area contributed by atoms with Crippen LogP contribution in [0.2, 0.25) is 0 Å². The number of rotatable bonds is 4. The second-order valence-electron chi connectivity index (χ2n) is 5.33. The molecular weight excluding hydrogens is 254 g/mol. The van der Waals surface area contributed by atoms with Gasteiger partial charge in [-0.1, -0.05) is 6.92 Å². The summed E-state index contributed by atoms with van der Waals surface area (Å²) >= 11 is 0. The molecule has 1 amide bonds. The lowest BCUT2D eigenvalue weighted by molar-refractivity contribution is 0.0546. The number of carbonyl (C=O) groups excluding carboxylic acids is 1. The van der Waals surface area contributed by atoms with Crippen molar-refractivity contribution in [2.75, 3.05) is 25.0 Å². The number of hydrogen-bond donors (Lipinski definition) is 2. The summed E-state index contributed by atoms with van der Waals surface area (Å²) in [6.45, 7) is 6.08. The average molecular weight is 277 g/mol. The zero-order valence-corrected chi connectivity index (χ0v) is 12.2. The molecule has 1 fully saturated rings. The molecule has 2 heterocycles. The van der Waals surface area contributed by atoms with Crippen LogP contribution in [0.15, 0.2) is 12.1 Å². The molecule has 1 aliphatic heterocycles. The first kappa shape index (κ1) is 14.8. The summed E-state index contributed by atoms with van der Waals surface area (Å²) < 4.78 is 0. The van der Waals surface area contributed by atoms with Crippen molar-refractivity contribution >= 4 is 11.7 Å². The summed E-state index contributed by atoms with van der Waals surface area (Å²) in [4.78, 5) is 18.7. The van der Waals surface area contributed by atoms with Crippen LogP contribution in [0.1, 0.15) is 42.2 Å². The Hall–Kier alpha value is -1.62. The molecule has 0 aliphatic carbocycles. The number of hydrogen-bond acceptors (Lipinski definition) is 4. The van der Waals surface area contributed by atoms with Gasteiger partial charge in [0.1, 0.15) is 5.82 Å². The summed E-state index contributed by atoms with van der Waals surface area (Å²) in [5.41, 5.74) is 1.51. The van der Waals surface area contributed by atoms with Crippen molar-refractivity contribution in [1.29, 1.82) is 0 Å². The molecular formula is C15H23N3O2. The lowest BCUT2D eigenvalue weighted by Crippen LogP contribution is -2.40. The lowest BCUT2D eigenvalue weighted by Gasteiger charge is -2.29. The molecule has 20 heavy (non-hydrogen) atoms. The van der Waals surface area contributed by atoms with E-state index in [9.17, 15) is 9.90 Å². The molecule has 0 atom stereocenters. The summed E-state index contributed by atoms with van der Waals surface area (Å²) in [6.07, 6.45) is 2.08. The van der Waals surface area contributed by atoms with Crippen molar-refractivity contribution in [2.24, 2.45) is 0 Å². The van der Waals surface area contributed by atoms with E-state index in [4.69, 9.17) is 0 Å². The Bertz CT molecular complexity index is 468. The van der Waals surface area contributed by atoms with E-state index in [1.807, 2.05) is 24.0 Å². The molecule has 1 aromatic heterocycles. The van der Waals surface area contributed by atoms with Gasteiger partial charge < -0.3 is 15.3 Å². The third-order valence-electron chi connectivity index (χ3n) is 3.51. The molecule has 0 saturated carbocycles. The topological polar surface area (TPSA) is 65.5 Å². The molecule has 1 aliphatic rings. The molecule has 5 nitrogen and oxygen atoms in total. The van der Waals surface area contributed by atoms with E-state index in [0.29, 0.717) is 31.5 Å².